The number of nitrogens with one attached hydrogen (secondary N) is 1. The van der Waals surface area contributed by atoms with Crippen LogP contribution in [0.25, 0.3) is 0 Å². The molecule has 0 aromatic carbocycles. The van der Waals surface area contributed by atoms with E-state index in [1.165, 1.54) is 0 Å². The summed E-state index contributed by atoms with van der Waals surface area (Å²) in [6.45, 7) is 11.5. The maximum atomic E-state index is 6.09. The van der Waals surface area contributed by atoms with E-state index in [-0.39, 0.29) is 5.41 Å². The Bertz CT molecular complexity index is 388. The highest BCUT2D eigenvalue weighted by Gasteiger charge is 2.16. The van der Waals surface area contributed by atoms with Gasteiger partial charge in [0.1, 0.15) is 16.8 Å². The first-order valence-electron chi connectivity index (χ1n) is 6.16. The number of aromatic nitrogens is 2. The normalized spacial score (nSPS) is 11.6. The Hall–Kier alpha value is -0.830. The zero-order valence-corrected chi connectivity index (χ0v) is 12.1. The van der Waals surface area contributed by atoms with Crippen molar-refractivity contribution in [3.8, 4) is 0 Å². The Morgan fingerprint density at radius 2 is 1.88 bits per heavy atom. The van der Waals surface area contributed by atoms with Crippen molar-refractivity contribution < 1.29 is 0 Å². The smallest absolute Gasteiger partial charge is 0.137 e. The van der Waals surface area contributed by atoms with Crippen LogP contribution in [0.3, 0.4) is 0 Å². The lowest BCUT2D eigenvalue weighted by Gasteiger charge is -2.24. The third-order valence-corrected chi connectivity index (χ3v) is 3.51. The first-order valence-corrected chi connectivity index (χ1v) is 6.54. The van der Waals surface area contributed by atoms with E-state index in [0.717, 1.165) is 36.6 Å². The van der Waals surface area contributed by atoms with Crippen LogP contribution < -0.4 is 5.32 Å². The molecule has 0 saturated heterocycles. The highest BCUT2D eigenvalue weighted by Crippen LogP contribution is 2.24. The molecule has 0 saturated carbocycles. The number of hydrogen-bond acceptors (Lipinski definition) is 3. The third kappa shape index (κ3) is 3.84. The number of anilines is 1. The van der Waals surface area contributed by atoms with Gasteiger partial charge in [-0.15, -0.1) is 0 Å². The number of hydrogen-bond donors (Lipinski definition) is 1. The van der Waals surface area contributed by atoms with E-state index in [1.54, 1.807) is 0 Å². The SMILES string of the molecule is CCc1nc(Cl)c(C)c(NCC(C)(C)CC)n1. The Kier molecular flexibility index (Phi) is 4.75. The van der Waals surface area contributed by atoms with E-state index in [4.69, 9.17) is 11.6 Å². The standard InChI is InChI=1S/C13H22ClN3/c1-6-10-16-11(14)9(3)12(17-10)15-8-13(4,5)7-2/h6-8H2,1-5H3,(H,15,16,17). The van der Waals surface area contributed by atoms with Gasteiger partial charge in [0, 0.05) is 18.5 Å². The fourth-order valence-corrected chi connectivity index (χ4v) is 1.50. The predicted molar refractivity (Wildman–Crippen MR) is 73.7 cm³/mol. The van der Waals surface area contributed by atoms with Crippen LogP contribution in [-0.2, 0) is 6.42 Å². The zero-order chi connectivity index (χ0) is 13.1. The van der Waals surface area contributed by atoms with Crippen molar-refractivity contribution in [3.05, 3.63) is 16.5 Å². The van der Waals surface area contributed by atoms with Crippen molar-refractivity contribution in [3.63, 3.8) is 0 Å². The molecule has 0 bridgehead atoms. The summed E-state index contributed by atoms with van der Waals surface area (Å²) in [5.41, 5.74) is 1.19. The summed E-state index contributed by atoms with van der Waals surface area (Å²) < 4.78 is 0. The van der Waals surface area contributed by atoms with Gasteiger partial charge in [-0.1, -0.05) is 39.3 Å². The van der Waals surface area contributed by atoms with Crippen molar-refractivity contribution in [2.75, 3.05) is 11.9 Å². The topological polar surface area (TPSA) is 37.8 Å². The number of aryl methyl sites for hydroxylation is 1. The molecule has 0 aliphatic heterocycles. The summed E-state index contributed by atoms with van der Waals surface area (Å²) in [5.74, 6) is 1.65. The molecule has 1 aromatic heterocycles. The zero-order valence-electron chi connectivity index (χ0n) is 11.4. The van der Waals surface area contributed by atoms with Crippen LogP contribution in [0.1, 0.15) is 45.5 Å². The molecule has 0 aliphatic rings. The average Bonchev–Trinajstić information content (AvgIpc) is 2.31. The highest BCUT2D eigenvalue weighted by atomic mass is 35.5. The van der Waals surface area contributed by atoms with Gasteiger partial charge in [0.2, 0.25) is 0 Å². The molecule has 3 nitrogen and oxygen atoms in total. The maximum absolute atomic E-state index is 6.09. The van der Waals surface area contributed by atoms with Gasteiger partial charge in [0.05, 0.1) is 0 Å². The van der Waals surface area contributed by atoms with Crippen LogP contribution in [0.5, 0.6) is 0 Å². The van der Waals surface area contributed by atoms with Gasteiger partial charge in [-0.25, -0.2) is 9.97 Å². The molecule has 0 radical (unpaired) electrons. The molecule has 0 spiro atoms. The summed E-state index contributed by atoms with van der Waals surface area (Å²) in [7, 11) is 0. The van der Waals surface area contributed by atoms with E-state index >= 15 is 0 Å². The largest absolute Gasteiger partial charge is 0.369 e. The Balaban J connectivity index is 2.87. The van der Waals surface area contributed by atoms with Crippen LogP contribution in [0.15, 0.2) is 0 Å². The molecule has 1 rings (SSSR count). The summed E-state index contributed by atoms with van der Waals surface area (Å²) >= 11 is 6.09. The Morgan fingerprint density at radius 1 is 1.24 bits per heavy atom. The first-order chi connectivity index (χ1) is 7.89. The number of halogens is 1. The van der Waals surface area contributed by atoms with E-state index < -0.39 is 0 Å². The van der Waals surface area contributed by atoms with E-state index in [0.29, 0.717) is 5.15 Å². The van der Waals surface area contributed by atoms with Gasteiger partial charge in [-0.3, -0.25) is 0 Å². The molecule has 0 unspecified atom stereocenters. The fraction of sp³-hybridized carbons (Fsp3) is 0.692. The molecule has 0 aliphatic carbocycles. The van der Waals surface area contributed by atoms with Crippen molar-refractivity contribution in [1.29, 1.82) is 0 Å². The van der Waals surface area contributed by atoms with Gasteiger partial charge in [0.25, 0.3) is 0 Å². The summed E-state index contributed by atoms with van der Waals surface area (Å²) in [6.07, 6.45) is 1.92. The monoisotopic (exact) mass is 255 g/mol. The predicted octanol–water partition coefficient (Wildman–Crippen LogP) is 3.85. The second kappa shape index (κ2) is 5.67. The van der Waals surface area contributed by atoms with Gasteiger partial charge >= 0.3 is 0 Å². The molecule has 0 atom stereocenters. The van der Waals surface area contributed by atoms with Gasteiger partial charge in [-0.2, -0.15) is 0 Å². The van der Waals surface area contributed by atoms with E-state index in [1.807, 2.05) is 13.8 Å². The molecule has 1 N–H and O–H groups in total. The minimum absolute atomic E-state index is 0.260. The van der Waals surface area contributed by atoms with Crippen LogP contribution >= 0.6 is 11.6 Å². The van der Waals surface area contributed by atoms with Crippen molar-refractivity contribution in [2.45, 2.75) is 47.5 Å². The lowest BCUT2D eigenvalue weighted by atomic mass is 9.90. The highest BCUT2D eigenvalue weighted by molar-refractivity contribution is 6.30. The van der Waals surface area contributed by atoms with E-state index in [2.05, 4.69) is 36.1 Å². The minimum Gasteiger partial charge on any atom is -0.369 e. The molecule has 1 aromatic rings. The molecule has 0 amide bonds. The molecular weight excluding hydrogens is 234 g/mol. The van der Waals surface area contributed by atoms with Crippen LogP contribution in [0.2, 0.25) is 5.15 Å². The van der Waals surface area contributed by atoms with Crippen molar-refractivity contribution in [1.82, 2.24) is 9.97 Å². The Morgan fingerprint density at radius 3 is 2.41 bits per heavy atom. The Labute approximate surface area is 109 Å². The fourth-order valence-electron chi connectivity index (χ4n) is 1.31. The van der Waals surface area contributed by atoms with Crippen LogP contribution in [-0.4, -0.2) is 16.5 Å². The van der Waals surface area contributed by atoms with Crippen LogP contribution in [0, 0.1) is 12.3 Å². The number of nitrogens with zero attached hydrogens (tertiary/aromatic N) is 2. The lowest BCUT2D eigenvalue weighted by molar-refractivity contribution is 0.376. The van der Waals surface area contributed by atoms with Crippen LogP contribution in [0.4, 0.5) is 5.82 Å². The quantitative estimate of drug-likeness (QED) is 0.813. The van der Waals surface area contributed by atoms with Gasteiger partial charge in [-0.05, 0) is 18.8 Å². The summed E-state index contributed by atoms with van der Waals surface area (Å²) in [5, 5.41) is 3.93. The lowest BCUT2D eigenvalue weighted by Crippen LogP contribution is -2.23. The van der Waals surface area contributed by atoms with Gasteiger partial charge in [0.15, 0.2) is 0 Å². The molecular formula is C13H22ClN3. The molecule has 17 heavy (non-hydrogen) atoms. The molecule has 1 heterocycles. The van der Waals surface area contributed by atoms with Gasteiger partial charge < -0.3 is 5.32 Å². The van der Waals surface area contributed by atoms with Crippen molar-refractivity contribution >= 4 is 17.4 Å². The second-order valence-corrected chi connectivity index (χ2v) is 5.49. The van der Waals surface area contributed by atoms with E-state index in [9.17, 15) is 0 Å². The second-order valence-electron chi connectivity index (χ2n) is 5.13. The summed E-state index contributed by atoms with van der Waals surface area (Å²) in [6, 6.07) is 0. The molecule has 96 valence electrons. The molecule has 0 fully saturated rings. The maximum Gasteiger partial charge on any atom is 0.137 e. The summed E-state index contributed by atoms with van der Waals surface area (Å²) in [4.78, 5) is 8.71. The molecule has 4 heteroatoms. The average molecular weight is 256 g/mol. The first kappa shape index (κ1) is 14.2. The van der Waals surface area contributed by atoms with Crippen molar-refractivity contribution in [2.24, 2.45) is 5.41 Å². The minimum atomic E-state index is 0.260. The number of rotatable bonds is 5. The third-order valence-electron chi connectivity index (χ3n) is 3.14.